The lowest BCUT2D eigenvalue weighted by atomic mass is 10.1. The predicted molar refractivity (Wildman–Crippen MR) is 122 cm³/mol. The Morgan fingerprint density at radius 1 is 0.967 bits per heavy atom. The molecule has 0 aliphatic heterocycles. The Morgan fingerprint density at radius 2 is 1.63 bits per heavy atom. The second kappa shape index (κ2) is 10.4. The second-order valence-electron chi connectivity index (χ2n) is 6.52. The maximum atomic E-state index is 12.9. The van der Waals surface area contributed by atoms with Gasteiger partial charge in [-0.15, -0.1) is 0 Å². The Balaban J connectivity index is 1.47. The first-order valence-electron chi connectivity index (χ1n) is 9.38. The fourth-order valence-corrected chi connectivity index (χ4v) is 2.97. The topological polar surface area (TPSA) is 62.4 Å². The van der Waals surface area contributed by atoms with E-state index in [0.29, 0.717) is 28.7 Å². The molecule has 30 heavy (non-hydrogen) atoms. The van der Waals surface area contributed by atoms with Crippen LogP contribution in [0.5, 0.6) is 5.75 Å². The van der Waals surface area contributed by atoms with E-state index in [9.17, 15) is 9.18 Å². The van der Waals surface area contributed by atoms with Gasteiger partial charge in [0.15, 0.2) is 5.11 Å². The summed E-state index contributed by atoms with van der Waals surface area (Å²) in [5.74, 6) is 0.169. The van der Waals surface area contributed by atoms with E-state index >= 15 is 0 Å². The van der Waals surface area contributed by atoms with Gasteiger partial charge in [0.05, 0.1) is 7.11 Å². The van der Waals surface area contributed by atoms with Gasteiger partial charge < -0.3 is 20.7 Å². The van der Waals surface area contributed by atoms with E-state index in [0.717, 1.165) is 17.7 Å². The Labute approximate surface area is 180 Å². The Kier molecular flexibility index (Phi) is 7.34. The van der Waals surface area contributed by atoms with Crippen molar-refractivity contribution in [2.24, 2.45) is 0 Å². The largest absolute Gasteiger partial charge is 0.497 e. The van der Waals surface area contributed by atoms with E-state index in [4.69, 9.17) is 17.0 Å². The van der Waals surface area contributed by atoms with E-state index in [-0.39, 0.29) is 11.7 Å². The van der Waals surface area contributed by atoms with Crippen LogP contribution in [0.4, 0.5) is 15.8 Å². The zero-order chi connectivity index (χ0) is 21.3. The number of benzene rings is 3. The summed E-state index contributed by atoms with van der Waals surface area (Å²) in [5.41, 5.74) is 3.02. The molecule has 5 nitrogen and oxygen atoms in total. The molecule has 3 aromatic carbocycles. The number of rotatable bonds is 7. The fourth-order valence-electron chi connectivity index (χ4n) is 2.75. The summed E-state index contributed by atoms with van der Waals surface area (Å²) in [4.78, 5) is 12.4. The van der Waals surface area contributed by atoms with Crippen molar-refractivity contribution in [3.05, 3.63) is 89.7 Å². The van der Waals surface area contributed by atoms with Crippen LogP contribution in [-0.4, -0.2) is 24.7 Å². The standard InChI is InChI=1S/C23H22FN3O2S/c1-29-21-4-2-3-17(15-21)22(28)26-19-9-11-20(12-10-19)27-23(30)25-14-13-16-5-7-18(24)8-6-16/h2-12,15H,13-14H2,1H3,(H,26,28)(H2,25,27,30). The molecule has 0 saturated heterocycles. The first-order chi connectivity index (χ1) is 14.5. The van der Waals surface area contributed by atoms with Gasteiger partial charge in [-0.05, 0) is 78.8 Å². The van der Waals surface area contributed by atoms with Gasteiger partial charge in [-0.3, -0.25) is 4.79 Å². The zero-order valence-electron chi connectivity index (χ0n) is 16.4. The van der Waals surface area contributed by atoms with Crippen molar-refractivity contribution in [3.63, 3.8) is 0 Å². The van der Waals surface area contributed by atoms with Gasteiger partial charge in [-0.25, -0.2) is 4.39 Å². The number of amides is 1. The molecule has 0 fully saturated rings. The van der Waals surface area contributed by atoms with Crippen molar-refractivity contribution in [1.82, 2.24) is 5.32 Å². The SMILES string of the molecule is COc1cccc(C(=O)Nc2ccc(NC(=S)NCCc3ccc(F)cc3)cc2)c1. The van der Waals surface area contributed by atoms with Gasteiger partial charge in [-0.2, -0.15) is 0 Å². The van der Waals surface area contributed by atoms with Crippen LogP contribution in [0.15, 0.2) is 72.8 Å². The van der Waals surface area contributed by atoms with Crippen molar-refractivity contribution >= 4 is 34.6 Å². The van der Waals surface area contributed by atoms with Crippen LogP contribution in [0.2, 0.25) is 0 Å². The molecule has 0 aliphatic rings. The second-order valence-corrected chi connectivity index (χ2v) is 6.93. The molecule has 0 bridgehead atoms. The summed E-state index contributed by atoms with van der Waals surface area (Å²) in [6.07, 6.45) is 0.733. The zero-order valence-corrected chi connectivity index (χ0v) is 17.3. The van der Waals surface area contributed by atoms with Gasteiger partial charge in [0, 0.05) is 23.5 Å². The molecule has 0 unspecified atom stereocenters. The number of nitrogens with one attached hydrogen (secondary N) is 3. The summed E-state index contributed by atoms with van der Waals surface area (Å²) >= 11 is 5.30. The number of carbonyl (C=O) groups excluding carboxylic acids is 1. The van der Waals surface area contributed by atoms with Crippen molar-refractivity contribution in [1.29, 1.82) is 0 Å². The molecule has 0 heterocycles. The van der Waals surface area contributed by atoms with Gasteiger partial charge in [-0.1, -0.05) is 18.2 Å². The lowest BCUT2D eigenvalue weighted by Crippen LogP contribution is -2.30. The quantitative estimate of drug-likeness (QED) is 0.484. The minimum Gasteiger partial charge on any atom is -0.497 e. The number of halogens is 1. The summed E-state index contributed by atoms with van der Waals surface area (Å²) in [5, 5.41) is 9.55. The van der Waals surface area contributed by atoms with Crippen LogP contribution in [0, 0.1) is 5.82 Å². The molecule has 3 N–H and O–H groups in total. The van der Waals surface area contributed by atoms with Crippen LogP contribution in [0.1, 0.15) is 15.9 Å². The van der Waals surface area contributed by atoms with Gasteiger partial charge in [0.2, 0.25) is 0 Å². The molecule has 0 aromatic heterocycles. The minimum atomic E-state index is -0.243. The van der Waals surface area contributed by atoms with Crippen molar-refractivity contribution < 1.29 is 13.9 Å². The molecular formula is C23H22FN3O2S. The third-order valence-electron chi connectivity index (χ3n) is 4.35. The number of methoxy groups -OCH3 is 1. The lowest BCUT2D eigenvalue weighted by molar-refractivity contribution is 0.102. The third kappa shape index (κ3) is 6.28. The Bertz CT molecular complexity index is 1010. The normalized spacial score (nSPS) is 10.2. The van der Waals surface area contributed by atoms with E-state index in [2.05, 4.69) is 16.0 Å². The highest BCUT2D eigenvalue weighted by Crippen LogP contribution is 2.17. The number of ether oxygens (including phenoxy) is 1. The van der Waals surface area contributed by atoms with Crippen molar-refractivity contribution in [2.45, 2.75) is 6.42 Å². The van der Waals surface area contributed by atoms with Crippen LogP contribution < -0.4 is 20.7 Å². The van der Waals surface area contributed by atoms with E-state index in [1.807, 2.05) is 12.1 Å². The molecule has 0 saturated carbocycles. The Hall–Kier alpha value is -3.45. The summed E-state index contributed by atoms with van der Waals surface area (Å²) in [6.45, 7) is 0.631. The average molecular weight is 424 g/mol. The number of anilines is 2. The van der Waals surface area contributed by atoms with E-state index in [1.54, 1.807) is 55.6 Å². The summed E-state index contributed by atoms with van der Waals surface area (Å²) in [6, 6.07) is 20.6. The summed E-state index contributed by atoms with van der Waals surface area (Å²) in [7, 11) is 1.56. The molecule has 3 aromatic rings. The molecule has 7 heteroatoms. The molecule has 0 aliphatic carbocycles. The van der Waals surface area contributed by atoms with E-state index < -0.39 is 0 Å². The van der Waals surface area contributed by atoms with Crippen molar-refractivity contribution in [3.8, 4) is 5.75 Å². The Morgan fingerprint density at radius 3 is 2.30 bits per heavy atom. The molecule has 0 radical (unpaired) electrons. The maximum Gasteiger partial charge on any atom is 0.255 e. The van der Waals surface area contributed by atoms with Crippen LogP contribution in [0.25, 0.3) is 0 Å². The maximum absolute atomic E-state index is 12.9. The van der Waals surface area contributed by atoms with Gasteiger partial charge in [0.1, 0.15) is 11.6 Å². The highest BCUT2D eigenvalue weighted by molar-refractivity contribution is 7.80. The van der Waals surface area contributed by atoms with Crippen LogP contribution in [-0.2, 0) is 6.42 Å². The van der Waals surface area contributed by atoms with Crippen LogP contribution in [0.3, 0.4) is 0 Å². The third-order valence-corrected chi connectivity index (χ3v) is 4.59. The minimum absolute atomic E-state index is 0.215. The first kappa shape index (κ1) is 21.3. The number of hydrogen-bond acceptors (Lipinski definition) is 3. The molecule has 1 amide bonds. The lowest BCUT2D eigenvalue weighted by Gasteiger charge is -2.12. The first-order valence-corrected chi connectivity index (χ1v) is 9.79. The van der Waals surface area contributed by atoms with Crippen molar-refractivity contribution in [2.75, 3.05) is 24.3 Å². The molecule has 3 rings (SSSR count). The number of thiocarbonyl (C=S) groups is 1. The summed E-state index contributed by atoms with van der Waals surface area (Å²) < 4.78 is 18.1. The predicted octanol–water partition coefficient (Wildman–Crippen LogP) is 4.62. The van der Waals surface area contributed by atoms with Gasteiger partial charge in [0.25, 0.3) is 5.91 Å². The molecule has 154 valence electrons. The number of hydrogen-bond donors (Lipinski definition) is 3. The molecule has 0 spiro atoms. The molecule has 0 atom stereocenters. The highest BCUT2D eigenvalue weighted by atomic mass is 32.1. The van der Waals surface area contributed by atoms with Gasteiger partial charge >= 0.3 is 0 Å². The monoisotopic (exact) mass is 423 g/mol. The van der Waals surface area contributed by atoms with Crippen LogP contribution >= 0.6 is 12.2 Å². The smallest absolute Gasteiger partial charge is 0.255 e. The molecular weight excluding hydrogens is 401 g/mol. The highest BCUT2D eigenvalue weighted by Gasteiger charge is 2.07. The average Bonchev–Trinajstić information content (AvgIpc) is 2.76. The fraction of sp³-hybridized carbons (Fsp3) is 0.130. The number of carbonyl (C=O) groups is 1. The van der Waals surface area contributed by atoms with E-state index in [1.165, 1.54) is 12.1 Å².